The zero-order valence-corrected chi connectivity index (χ0v) is 22.5. The van der Waals surface area contributed by atoms with Gasteiger partial charge in [0, 0.05) is 47.6 Å². The van der Waals surface area contributed by atoms with Crippen LogP contribution in [-0.2, 0) is 6.54 Å². The van der Waals surface area contributed by atoms with E-state index in [0.717, 1.165) is 48.3 Å². The topological polar surface area (TPSA) is 92.2 Å². The molecule has 1 aromatic carbocycles. The molecule has 1 aliphatic heterocycles. The van der Waals surface area contributed by atoms with E-state index in [-0.39, 0.29) is 24.1 Å². The van der Waals surface area contributed by atoms with Gasteiger partial charge in [-0.25, -0.2) is 4.98 Å². The average Bonchev–Trinajstić information content (AvgIpc) is 3.23. The molecule has 8 heteroatoms. The summed E-state index contributed by atoms with van der Waals surface area (Å²) in [6.07, 6.45) is 3.96. The summed E-state index contributed by atoms with van der Waals surface area (Å²) in [4.78, 5) is 35.7. The Kier molecular flexibility index (Phi) is 7.22. The first kappa shape index (κ1) is 25.6. The van der Waals surface area contributed by atoms with Gasteiger partial charge in [0.15, 0.2) is 0 Å². The van der Waals surface area contributed by atoms with Gasteiger partial charge in [-0.3, -0.25) is 9.59 Å². The number of para-hydroxylation sites is 1. The van der Waals surface area contributed by atoms with Gasteiger partial charge in [-0.1, -0.05) is 24.3 Å². The van der Waals surface area contributed by atoms with Gasteiger partial charge in [0.1, 0.15) is 11.6 Å². The third kappa shape index (κ3) is 4.78. The number of aryl methyl sites for hydroxylation is 1. The number of rotatable bonds is 7. The molecule has 8 nitrogen and oxygen atoms in total. The Bertz CT molecular complexity index is 1500. The first-order valence-electron chi connectivity index (χ1n) is 13.2. The molecule has 1 fully saturated rings. The van der Waals surface area contributed by atoms with Crippen LogP contribution in [0.15, 0.2) is 59.5 Å². The second-order valence-corrected chi connectivity index (χ2v) is 10.1. The first-order valence-corrected chi connectivity index (χ1v) is 13.2. The zero-order valence-electron chi connectivity index (χ0n) is 22.5. The number of carbonyl (C=O) groups is 1. The lowest BCUT2D eigenvalue weighted by Gasteiger charge is -2.36. The number of hydrogen-bond acceptors (Lipinski definition) is 5. The van der Waals surface area contributed by atoms with Crippen LogP contribution in [0, 0.1) is 19.8 Å². The van der Waals surface area contributed by atoms with Crippen LogP contribution in [0.5, 0.6) is 5.75 Å². The minimum atomic E-state index is -0.257. The van der Waals surface area contributed by atoms with Gasteiger partial charge in [0.2, 0.25) is 0 Å². The second-order valence-electron chi connectivity index (χ2n) is 10.1. The number of carbonyl (C=O) groups excluding carboxylic acids is 1. The number of hydrogen-bond donors (Lipinski definition) is 2. The number of piperidine rings is 1. The molecule has 198 valence electrons. The lowest BCUT2D eigenvalue weighted by molar-refractivity contribution is 0.0951. The summed E-state index contributed by atoms with van der Waals surface area (Å²) in [5.41, 5.74) is 3.50. The van der Waals surface area contributed by atoms with Crippen LogP contribution in [-0.4, -0.2) is 40.6 Å². The predicted molar refractivity (Wildman–Crippen MR) is 150 cm³/mol. The maximum Gasteiger partial charge on any atom is 0.256 e. The lowest BCUT2D eigenvalue weighted by atomic mass is 9.90. The quantitative estimate of drug-likeness (QED) is 0.372. The monoisotopic (exact) mass is 513 g/mol. The van der Waals surface area contributed by atoms with Crippen LogP contribution < -0.4 is 20.5 Å². The van der Waals surface area contributed by atoms with Crippen molar-refractivity contribution in [3.8, 4) is 5.75 Å². The Morgan fingerprint density at radius 1 is 1.16 bits per heavy atom. The molecule has 1 amide bonds. The molecule has 1 saturated heterocycles. The Morgan fingerprint density at radius 3 is 2.61 bits per heavy atom. The summed E-state index contributed by atoms with van der Waals surface area (Å²) in [5, 5.41) is 3.89. The van der Waals surface area contributed by atoms with Crippen LogP contribution in [0.2, 0.25) is 0 Å². The van der Waals surface area contributed by atoms with E-state index in [0.29, 0.717) is 28.5 Å². The van der Waals surface area contributed by atoms with Crippen LogP contribution >= 0.6 is 0 Å². The molecular weight excluding hydrogens is 478 g/mol. The van der Waals surface area contributed by atoms with Crippen molar-refractivity contribution in [2.24, 2.45) is 5.92 Å². The number of H-pyrrole nitrogens is 1. The van der Waals surface area contributed by atoms with Crippen molar-refractivity contribution in [1.29, 1.82) is 0 Å². The number of aromatic amines is 1. The van der Waals surface area contributed by atoms with Crippen LogP contribution in [0.25, 0.3) is 10.9 Å². The molecule has 0 spiro atoms. The van der Waals surface area contributed by atoms with Gasteiger partial charge in [-0.2, -0.15) is 0 Å². The summed E-state index contributed by atoms with van der Waals surface area (Å²) in [7, 11) is 1.53. The fraction of sp³-hybridized carbons (Fsp3) is 0.367. The number of methoxy groups -OCH3 is 1. The highest BCUT2D eigenvalue weighted by Gasteiger charge is 2.29. The van der Waals surface area contributed by atoms with Gasteiger partial charge < -0.3 is 24.5 Å². The molecule has 1 aliphatic rings. The highest BCUT2D eigenvalue weighted by atomic mass is 16.5. The third-order valence-corrected chi connectivity index (χ3v) is 7.86. The van der Waals surface area contributed by atoms with Gasteiger partial charge >= 0.3 is 0 Å². The predicted octanol–water partition coefficient (Wildman–Crippen LogP) is 4.76. The molecule has 0 aliphatic carbocycles. The molecular formula is C30H35N5O3. The molecule has 4 heterocycles. The minimum Gasteiger partial charge on any atom is -0.496 e. The molecule has 5 rings (SSSR count). The summed E-state index contributed by atoms with van der Waals surface area (Å²) in [6.45, 7) is 8.09. The van der Waals surface area contributed by atoms with E-state index in [9.17, 15) is 9.59 Å². The van der Waals surface area contributed by atoms with Crippen LogP contribution in [0.4, 0.5) is 5.82 Å². The third-order valence-electron chi connectivity index (χ3n) is 7.86. The number of nitrogens with one attached hydrogen (secondary N) is 2. The molecule has 38 heavy (non-hydrogen) atoms. The fourth-order valence-electron chi connectivity index (χ4n) is 5.86. The van der Waals surface area contributed by atoms with Crippen molar-refractivity contribution in [2.75, 3.05) is 25.1 Å². The van der Waals surface area contributed by atoms with Crippen LogP contribution in [0.3, 0.4) is 0 Å². The van der Waals surface area contributed by atoms with Crippen molar-refractivity contribution in [1.82, 2.24) is 19.9 Å². The van der Waals surface area contributed by atoms with Gasteiger partial charge in [0.25, 0.3) is 11.5 Å². The van der Waals surface area contributed by atoms with E-state index in [4.69, 9.17) is 4.74 Å². The van der Waals surface area contributed by atoms with Gasteiger partial charge in [-0.15, -0.1) is 0 Å². The number of pyridine rings is 2. The molecule has 4 aromatic rings. The number of aromatic nitrogens is 3. The molecule has 0 radical (unpaired) electrons. The van der Waals surface area contributed by atoms with E-state index in [1.165, 1.54) is 7.11 Å². The first-order chi connectivity index (χ1) is 18.4. The molecule has 3 aromatic heterocycles. The normalized spacial score (nSPS) is 15.0. The van der Waals surface area contributed by atoms with E-state index in [1.807, 2.05) is 43.5 Å². The summed E-state index contributed by atoms with van der Waals surface area (Å²) in [6, 6.07) is 16.1. The number of ether oxygens (including phenoxy) is 1. The standard InChI is InChI=1S/C30H35N5O3/c1-19-17-26(38-4)24(29(36)33-19)18-32-30(37)28-21(3)35(25-10-6-5-9-23(25)28)20(2)22-12-15-34(16-13-22)27-11-7-8-14-31-27/h5-11,14,17,20,22H,12-13,15-16,18H2,1-4H3,(H,32,37)(H,33,36). The van der Waals surface area contributed by atoms with E-state index in [1.54, 1.807) is 13.0 Å². The minimum absolute atomic E-state index is 0.0815. The number of fused-ring (bicyclic) bond motifs is 1. The van der Waals surface area contributed by atoms with E-state index in [2.05, 4.69) is 43.8 Å². The van der Waals surface area contributed by atoms with Gasteiger partial charge in [-0.05, 0) is 63.8 Å². The Hall–Kier alpha value is -4.07. The largest absolute Gasteiger partial charge is 0.496 e. The van der Waals surface area contributed by atoms with Crippen LogP contribution in [0.1, 0.15) is 53.1 Å². The average molecular weight is 514 g/mol. The summed E-state index contributed by atoms with van der Waals surface area (Å²) < 4.78 is 7.72. The molecule has 1 unspecified atom stereocenters. The highest BCUT2D eigenvalue weighted by molar-refractivity contribution is 6.08. The smallest absolute Gasteiger partial charge is 0.256 e. The Morgan fingerprint density at radius 2 is 1.89 bits per heavy atom. The van der Waals surface area contributed by atoms with Crippen molar-refractivity contribution >= 4 is 22.6 Å². The Balaban J connectivity index is 1.39. The number of nitrogens with zero attached hydrogens (tertiary/aromatic N) is 3. The van der Waals surface area contributed by atoms with Gasteiger partial charge in [0.05, 0.1) is 24.8 Å². The number of anilines is 1. The molecule has 2 N–H and O–H groups in total. The molecule has 0 saturated carbocycles. The lowest BCUT2D eigenvalue weighted by Crippen LogP contribution is -2.36. The SMILES string of the molecule is COc1cc(C)[nH]c(=O)c1CNC(=O)c1c(C)n(C(C)C2CCN(c3ccccn3)CC2)c2ccccc12. The van der Waals surface area contributed by atoms with E-state index < -0.39 is 0 Å². The maximum absolute atomic E-state index is 13.6. The van der Waals surface area contributed by atoms with E-state index >= 15 is 0 Å². The van der Waals surface area contributed by atoms with Crippen molar-refractivity contribution in [2.45, 2.75) is 46.2 Å². The molecule has 1 atom stereocenters. The van der Waals surface area contributed by atoms with Crippen molar-refractivity contribution < 1.29 is 9.53 Å². The Labute approximate surface area is 222 Å². The number of benzene rings is 1. The zero-order chi connectivity index (χ0) is 26.8. The van der Waals surface area contributed by atoms with Crippen molar-refractivity contribution in [3.63, 3.8) is 0 Å². The maximum atomic E-state index is 13.6. The second kappa shape index (κ2) is 10.7. The fourth-order valence-corrected chi connectivity index (χ4v) is 5.86. The summed E-state index contributed by atoms with van der Waals surface area (Å²) in [5.74, 6) is 1.79. The molecule has 0 bridgehead atoms. The highest BCUT2D eigenvalue weighted by Crippen LogP contribution is 2.36. The summed E-state index contributed by atoms with van der Waals surface area (Å²) >= 11 is 0. The van der Waals surface area contributed by atoms with Crippen molar-refractivity contribution in [3.05, 3.63) is 87.6 Å². The number of amides is 1.